The van der Waals surface area contributed by atoms with Crippen LogP contribution in [0.4, 0.5) is 0 Å². The number of likely N-dealkylation sites (tertiary alicyclic amines) is 1. The molecule has 1 heterocycles. The molecule has 2 rings (SSSR count). The quantitative estimate of drug-likeness (QED) is 0.709. The molecular weight excluding hydrogens is 178 g/mol. The Bertz CT molecular complexity index is 345. The van der Waals surface area contributed by atoms with Gasteiger partial charge in [-0.05, 0) is 18.6 Å². The Morgan fingerprint density at radius 1 is 1.36 bits per heavy atom. The minimum absolute atomic E-state index is 0.0775. The first-order valence-corrected chi connectivity index (χ1v) is 4.75. The van der Waals surface area contributed by atoms with Crippen molar-refractivity contribution in [3.8, 4) is 5.75 Å². The molecule has 74 valence electrons. The molecule has 1 saturated heterocycles. The van der Waals surface area contributed by atoms with Crippen LogP contribution in [0.3, 0.4) is 0 Å². The lowest BCUT2D eigenvalue weighted by Gasteiger charge is -2.31. The van der Waals surface area contributed by atoms with Crippen molar-refractivity contribution in [1.29, 1.82) is 0 Å². The molecule has 0 radical (unpaired) electrons. The lowest BCUT2D eigenvalue weighted by atomic mass is 10.1. The number of hydrogen-bond acceptors (Lipinski definition) is 2. The predicted octanol–water partition coefficient (Wildman–Crippen LogP) is 1.54. The third-order valence-corrected chi connectivity index (χ3v) is 2.48. The second kappa shape index (κ2) is 3.70. The number of carbonyl (C=O) groups is 1. The highest BCUT2D eigenvalue weighted by Crippen LogP contribution is 2.21. The zero-order valence-corrected chi connectivity index (χ0v) is 8.19. The number of para-hydroxylation sites is 1. The van der Waals surface area contributed by atoms with E-state index in [1.165, 1.54) is 0 Å². The van der Waals surface area contributed by atoms with Crippen molar-refractivity contribution >= 4 is 5.91 Å². The van der Waals surface area contributed by atoms with E-state index in [2.05, 4.69) is 0 Å². The molecule has 3 nitrogen and oxygen atoms in total. The molecule has 1 amide bonds. The Kier molecular flexibility index (Phi) is 2.39. The number of ether oxygens (including phenoxy) is 1. The van der Waals surface area contributed by atoms with Crippen LogP contribution in [0.5, 0.6) is 5.75 Å². The van der Waals surface area contributed by atoms with Gasteiger partial charge in [-0.15, -0.1) is 0 Å². The molecular formula is C11H13NO2. The Balaban J connectivity index is 2.25. The van der Waals surface area contributed by atoms with Gasteiger partial charge in [0, 0.05) is 13.1 Å². The molecule has 0 unspecified atom stereocenters. The highest BCUT2D eigenvalue weighted by molar-refractivity contribution is 5.97. The van der Waals surface area contributed by atoms with E-state index in [9.17, 15) is 4.79 Å². The van der Waals surface area contributed by atoms with Crippen molar-refractivity contribution in [1.82, 2.24) is 4.90 Å². The van der Waals surface area contributed by atoms with Gasteiger partial charge >= 0.3 is 0 Å². The topological polar surface area (TPSA) is 29.5 Å². The number of carbonyl (C=O) groups excluding carboxylic acids is 1. The van der Waals surface area contributed by atoms with Crippen LogP contribution in [0, 0.1) is 0 Å². The Morgan fingerprint density at radius 3 is 2.64 bits per heavy atom. The maximum atomic E-state index is 11.9. The highest BCUT2D eigenvalue weighted by Gasteiger charge is 2.23. The van der Waals surface area contributed by atoms with Crippen LogP contribution in [0.15, 0.2) is 24.3 Å². The molecule has 0 spiro atoms. The van der Waals surface area contributed by atoms with Gasteiger partial charge in [-0.3, -0.25) is 4.79 Å². The van der Waals surface area contributed by atoms with Crippen molar-refractivity contribution in [2.24, 2.45) is 0 Å². The number of nitrogens with zero attached hydrogens (tertiary/aromatic N) is 1. The molecule has 1 aliphatic heterocycles. The van der Waals surface area contributed by atoms with Gasteiger partial charge in [-0.25, -0.2) is 0 Å². The highest BCUT2D eigenvalue weighted by atomic mass is 16.5. The first-order chi connectivity index (χ1) is 6.83. The van der Waals surface area contributed by atoms with Crippen molar-refractivity contribution in [2.75, 3.05) is 20.2 Å². The molecule has 0 bridgehead atoms. The number of rotatable bonds is 2. The van der Waals surface area contributed by atoms with Crippen LogP contribution in [0.1, 0.15) is 16.8 Å². The summed E-state index contributed by atoms with van der Waals surface area (Å²) in [4.78, 5) is 13.7. The third kappa shape index (κ3) is 1.45. The summed E-state index contributed by atoms with van der Waals surface area (Å²) in [5, 5.41) is 0. The van der Waals surface area contributed by atoms with Crippen molar-refractivity contribution in [3.63, 3.8) is 0 Å². The number of benzene rings is 1. The van der Waals surface area contributed by atoms with E-state index in [1.54, 1.807) is 13.2 Å². The Hall–Kier alpha value is -1.51. The first-order valence-electron chi connectivity index (χ1n) is 4.75. The maximum Gasteiger partial charge on any atom is 0.257 e. The first kappa shape index (κ1) is 9.06. The summed E-state index contributed by atoms with van der Waals surface area (Å²) in [6.45, 7) is 1.74. The summed E-state index contributed by atoms with van der Waals surface area (Å²) < 4.78 is 5.14. The standard InChI is InChI=1S/C11H13NO2/c1-14-10-6-3-2-5-9(10)11(13)12-7-4-8-12/h2-3,5-6H,4,7-8H2,1H3. The van der Waals surface area contributed by atoms with Gasteiger partial charge in [0.2, 0.25) is 0 Å². The third-order valence-electron chi connectivity index (χ3n) is 2.48. The van der Waals surface area contributed by atoms with Gasteiger partial charge in [0.25, 0.3) is 5.91 Å². The van der Waals surface area contributed by atoms with Crippen LogP contribution in [-0.2, 0) is 0 Å². The molecule has 14 heavy (non-hydrogen) atoms. The lowest BCUT2D eigenvalue weighted by molar-refractivity contribution is 0.0648. The summed E-state index contributed by atoms with van der Waals surface area (Å²) in [5.41, 5.74) is 0.662. The van der Waals surface area contributed by atoms with Gasteiger partial charge in [-0.1, -0.05) is 12.1 Å². The molecule has 0 atom stereocenters. The predicted molar refractivity (Wildman–Crippen MR) is 53.5 cm³/mol. The lowest BCUT2D eigenvalue weighted by Crippen LogP contribution is -2.42. The number of methoxy groups -OCH3 is 1. The van der Waals surface area contributed by atoms with Crippen LogP contribution < -0.4 is 4.74 Å². The van der Waals surface area contributed by atoms with E-state index >= 15 is 0 Å². The molecule has 3 heteroatoms. The van der Waals surface area contributed by atoms with Gasteiger partial charge in [0.1, 0.15) is 5.75 Å². The van der Waals surface area contributed by atoms with Gasteiger partial charge in [0.15, 0.2) is 0 Å². The maximum absolute atomic E-state index is 11.9. The molecule has 1 fully saturated rings. The summed E-state index contributed by atoms with van der Waals surface area (Å²) in [5.74, 6) is 0.734. The van der Waals surface area contributed by atoms with E-state index in [0.717, 1.165) is 19.5 Å². The van der Waals surface area contributed by atoms with Gasteiger partial charge < -0.3 is 9.64 Å². The SMILES string of the molecule is COc1ccccc1C(=O)N1CCC1. The van der Waals surface area contributed by atoms with E-state index in [-0.39, 0.29) is 5.91 Å². The van der Waals surface area contributed by atoms with Crippen molar-refractivity contribution < 1.29 is 9.53 Å². The average molecular weight is 191 g/mol. The van der Waals surface area contributed by atoms with Crippen LogP contribution in [0.25, 0.3) is 0 Å². The Labute approximate surface area is 83.3 Å². The molecule has 0 aromatic heterocycles. The number of hydrogen-bond donors (Lipinski definition) is 0. The van der Waals surface area contributed by atoms with E-state index in [0.29, 0.717) is 11.3 Å². The van der Waals surface area contributed by atoms with E-state index in [1.807, 2.05) is 23.1 Å². The van der Waals surface area contributed by atoms with Gasteiger partial charge in [0.05, 0.1) is 12.7 Å². The summed E-state index contributed by atoms with van der Waals surface area (Å²) in [7, 11) is 1.59. The number of amides is 1. The summed E-state index contributed by atoms with van der Waals surface area (Å²) >= 11 is 0. The molecule has 1 aliphatic rings. The second-order valence-electron chi connectivity index (χ2n) is 3.35. The summed E-state index contributed by atoms with van der Waals surface area (Å²) in [6.07, 6.45) is 1.11. The fourth-order valence-electron chi connectivity index (χ4n) is 1.51. The van der Waals surface area contributed by atoms with Crippen molar-refractivity contribution in [3.05, 3.63) is 29.8 Å². The fraction of sp³-hybridized carbons (Fsp3) is 0.364. The normalized spacial score (nSPS) is 14.8. The molecule has 0 aliphatic carbocycles. The van der Waals surface area contributed by atoms with Crippen LogP contribution in [-0.4, -0.2) is 31.0 Å². The van der Waals surface area contributed by atoms with E-state index < -0.39 is 0 Å². The monoisotopic (exact) mass is 191 g/mol. The molecule has 1 aromatic carbocycles. The Morgan fingerprint density at radius 2 is 2.07 bits per heavy atom. The van der Waals surface area contributed by atoms with Gasteiger partial charge in [-0.2, -0.15) is 0 Å². The minimum Gasteiger partial charge on any atom is -0.496 e. The van der Waals surface area contributed by atoms with E-state index in [4.69, 9.17) is 4.74 Å². The molecule has 1 aromatic rings. The minimum atomic E-state index is 0.0775. The zero-order valence-electron chi connectivity index (χ0n) is 8.19. The van der Waals surface area contributed by atoms with Crippen molar-refractivity contribution in [2.45, 2.75) is 6.42 Å². The fourth-order valence-corrected chi connectivity index (χ4v) is 1.51. The van der Waals surface area contributed by atoms with Crippen LogP contribution >= 0.6 is 0 Å². The largest absolute Gasteiger partial charge is 0.496 e. The summed E-state index contributed by atoms with van der Waals surface area (Å²) in [6, 6.07) is 7.34. The molecule has 0 saturated carbocycles. The van der Waals surface area contributed by atoms with Crippen LogP contribution in [0.2, 0.25) is 0 Å². The zero-order chi connectivity index (χ0) is 9.97. The average Bonchev–Trinajstić information content (AvgIpc) is 2.15. The smallest absolute Gasteiger partial charge is 0.257 e. The second-order valence-corrected chi connectivity index (χ2v) is 3.35. The molecule has 0 N–H and O–H groups in total.